The van der Waals surface area contributed by atoms with Crippen molar-refractivity contribution in [3.63, 3.8) is 0 Å². The summed E-state index contributed by atoms with van der Waals surface area (Å²) in [6.45, 7) is 1.83. The summed E-state index contributed by atoms with van der Waals surface area (Å²) in [5.74, 6) is -0.735. The summed E-state index contributed by atoms with van der Waals surface area (Å²) in [5.41, 5.74) is 2.60. The number of benzene rings is 3. The van der Waals surface area contributed by atoms with Crippen molar-refractivity contribution in [3.8, 4) is 11.5 Å². The number of rotatable bonds is 4. The molecule has 0 aliphatic heterocycles. The van der Waals surface area contributed by atoms with Gasteiger partial charge in [0.15, 0.2) is 11.6 Å². The zero-order valence-corrected chi connectivity index (χ0v) is 15.8. The highest BCUT2D eigenvalue weighted by molar-refractivity contribution is 5.99. The molecule has 0 unspecified atom stereocenters. The molecule has 0 aliphatic carbocycles. The highest BCUT2D eigenvalue weighted by Crippen LogP contribution is 2.28. The molecule has 0 saturated carbocycles. The Kier molecular flexibility index (Phi) is 5.21. The molecule has 4 rings (SSSR count). The lowest BCUT2D eigenvalue weighted by Gasteiger charge is -2.11. The monoisotopic (exact) mass is 406 g/mol. The third-order valence-electron chi connectivity index (χ3n) is 4.13. The second kappa shape index (κ2) is 8.12. The van der Waals surface area contributed by atoms with E-state index in [4.69, 9.17) is 4.74 Å². The van der Waals surface area contributed by atoms with E-state index >= 15 is 0 Å². The number of hydrogen-bond donors (Lipinski definition) is 2. The van der Waals surface area contributed by atoms with Gasteiger partial charge in [-0.25, -0.2) is 18.6 Å². The number of hydrogen-bond acceptors (Lipinski definition) is 4. The summed E-state index contributed by atoms with van der Waals surface area (Å²) in [6, 6.07) is 13.9. The molecule has 0 fully saturated rings. The average molecular weight is 406 g/mol. The highest BCUT2D eigenvalue weighted by Gasteiger charge is 2.10. The van der Waals surface area contributed by atoms with Crippen molar-refractivity contribution in [1.29, 1.82) is 0 Å². The van der Waals surface area contributed by atoms with Crippen LogP contribution in [0, 0.1) is 18.6 Å². The zero-order valence-electron chi connectivity index (χ0n) is 15.8. The Labute approximate surface area is 170 Å². The van der Waals surface area contributed by atoms with Crippen LogP contribution in [0.1, 0.15) is 5.69 Å². The summed E-state index contributed by atoms with van der Waals surface area (Å²) in [4.78, 5) is 20.7. The molecule has 1 aromatic heterocycles. The number of nitrogens with one attached hydrogen (secondary N) is 2. The Bertz CT molecular complexity index is 1250. The Balaban J connectivity index is 1.46. The number of carbonyl (C=O) groups excluding carboxylic acids is 1. The first kappa shape index (κ1) is 19.3. The molecule has 0 spiro atoms. The summed E-state index contributed by atoms with van der Waals surface area (Å²) in [6.07, 6.45) is 1.67. The summed E-state index contributed by atoms with van der Waals surface area (Å²) < 4.78 is 33.3. The number of aromatic nitrogens is 2. The van der Waals surface area contributed by atoms with Crippen molar-refractivity contribution in [2.75, 3.05) is 10.6 Å². The summed E-state index contributed by atoms with van der Waals surface area (Å²) >= 11 is 0. The van der Waals surface area contributed by atoms with Gasteiger partial charge in [-0.05, 0) is 49.4 Å². The van der Waals surface area contributed by atoms with Gasteiger partial charge >= 0.3 is 6.03 Å². The van der Waals surface area contributed by atoms with Gasteiger partial charge in [-0.1, -0.05) is 6.07 Å². The van der Waals surface area contributed by atoms with Crippen molar-refractivity contribution < 1.29 is 18.3 Å². The number of fused-ring (bicyclic) bond motifs is 1. The quantitative estimate of drug-likeness (QED) is 0.459. The first-order valence-electron chi connectivity index (χ1n) is 9.01. The smallest absolute Gasteiger partial charge is 0.323 e. The molecule has 30 heavy (non-hydrogen) atoms. The maximum atomic E-state index is 14.5. The molecule has 150 valence electrons. The van der Waals surface area contributed by atoms with Crippen LogP contribution in [0.3, 0.4) is 0 Å². The largest absolute Gasteiger partial charge is 0.454 e. The van der Waals surface area contributed by atoms with Crippen LogP contribution in [0.2, 0.25) is 0 Å². The van der Waals surface area contributed by atoms with E-state index in [1.54, 1.807) is 24.4 Å². The minimum absolute atomic E-state index is 0.00829. The van der Waals surface area contributed by atoms with Gasteiger partial charge < -0.3 is 15.4 Å². The van der Waals surface area contributed by atoms with Crippen molar-refractivity contribution in [1.82, 2.24) is 9.97 Å². The molecule has 0 radical (unpaired) electrons. The van der Waals surface area contributed by atoms with Gasteiger partial charge in [0.2, 0.25) is 0 Å². The molecule has 4 aromatic rings. The topological polar surface area (TPSA) is 76.1 Å². The SMILES string of the molecule is Cc1cnc2ccc(Oc3ccc(NC(=O)Nc4cccc(F)c4)cc3F)cc2n1. The van der Waals surface area contributed by atoms with E-state index in [2.05, 4.69) is 20.6 Å². The molecule has 8 heteroatoms. The number of anilines is 2. The van der Waals surface area contributed by atoms with Gasteiger partial charge in [-0.2, -0.15) is 0 Å². The number of nitrogens with zero attached hydrogens (tertiary/aromatic N) is 2. The van der Waals surface area contributed by atoms with Crippen molar-refractivity contribution in [2.24, 2.45) is 0 Å². The average Bonchev–Trinajstić information content (AvgIpc) is 2.69. The van der Waals surface area contributed by atoms with Crippen LogP contribution in [0.25, 0.3) is 11.0 Å². The second-order valence-electron chi connectivity index (χ2n) is 6.50. The molecule has 6 nitrogen and oxygen atoms in total. The number of urea groups is 1. The predicted octanol–water partition coefficient (Wildman–Crippen LogP) is 5.65. The fourth-order valence-corrected chi connectivity index (χ4v) is 2.80. The molecule has 2 N–H and O–H groups in total. The molecule has 1 heterocycles. The Morgan fingerprint density at radius 3 is 2.50 bits per heavy atom. The van der Waals surface area contributed by atoms with E-state index in [1.165, 1.54) is 36.4 Å². The van der Waals surface area contributed by atoms with Crippen LogP contribution in [0.15, 0.2) is 66.9 Å². The number of halogens is 2. The van der Waals surface area contributed by atoms with Crippen molar-refractivity contribution in [3.05, 3.63) is 84.2 Å². The molecule has 0 saturated heterocycles. The first-order valence-corrected chi connectivity index (χ1v) is 9.01. The van der Waals surface area contributed by atoms with Gasteiger partial charge in [-0.3, -0.25) is 4.98 Å². The molecule has 3 aromatic carbocycles. The number of ether oxygens (including phenoxy) is 1. The van der Waals surface area contributed by atoms with Crippen molar-refractivity contribution in [2.45, 2.75) is 6.92 Å². The fraction of sp³-hybridized carbons (Fsp3) is 0.0455. The van der Waals surface area contributed by atoms with Gasteiger partial charge in [0.25, 0.3) is 0 Å². The minimum Gasteiger partial charge on any atom is -0.454 e. The van der Waals surface area contributed by atoms with Gasteiger partial charge in [-0.15, -0.1) is 0 Å². The van der Waals surface area contributed by atoms with Crippen LogP contribution < -0.4 is 15.4 Å². The maximum Gasteiger partial charge on any atom is 0.323 e. The molecule has 0 aliphatic rings. The number of aryl methyl sites for hydroxylation is 1. The Hall–Kier alpha value is -4.07. The molecule has 0 atom stereocenters. The van der Waals surface area contributed by atoms with Crippen LogP contribution >= 0.6 is 0 Å². The molecular formula is C22H16F2N4O2. The van der Waals surface area contributed by atoms with Crippen LogP contribution in [-0.4, -0.2) is 16.0 Å². The van der Waals surface area contributed by atoms with Gasteiger partial charge in [0.05, 0.1) is 16.7 Å². The Morgan fingerprint density at radius 2 is 1.73 bits per heavy atom. The normalized spacial score (nSPS) is 10.6. The zero-order chi connectivity index (χ0) is 21.1. The van der Waals surface area contributed by atoms with E-state index in [0.29, 0.717) is 16.8 Å². The number of carbonyl (C=O) groups is 1. The van der Waals surface area contributed by atoms with E-state index < -0.39 is 17.7 Å². The lowest BCUT2D eigenvalue weighted by Crippen LogP contribution is -2.19. The standard InChI is InChI=1S/C22H16F2N4O2/c1-13-12-25-19-7-6-17(11-20(19)26-13)30-21-8-5-16(10-18(21)24)28-22(29)27-15-4-2-3-14(23)9-15/h2-12H,1H3,(H2,27,28,29). The second-order valence-corrected chi connectivity index (χ2v) is 6.50. The predicted molar refractivity (Wildman–Crippen MR) is 110 cm³/mol. The molecule has 2 amide bonds. The van der Waals surface area contributed by atoms with E-state index in [1.807, 2.05) is 6.92 Å². The van der Waals surface area contributed by atoms with Crippen LogP contribution in [0.5, 0.6) is 11.5 Å². The van der Waals surface area contributed by atoms with Crippen LogP contribution in [0.4, 0.5) is 25.0 Å². The highest BCUT2D eigenvalue weighted by atomic mass is 19.1. The molecular weight excluding hydrogens is 390 g/mol. The van der Waals surface area contributed by atoms with Gasteiger partial charge in [0.1, 0.15) is 11.6 Å². The lowest BCUT2D eigenvalue weighted by molar-refractivity contribution is 0.262. The fourth-order valence-electron chi connectivity index (χ4n) is 2.80. The number of amides is 2. The first-order chi connectivity index (χ1) is 14.5. The third kappa shape index (κ3) is 4.49. The molecule has 0 bridgehead atoms. The van der Waals surface area contributed by atoms with E-state index in [9.17, 15) is 13.6 Å². The van der Waals surface area contributed by atoms with Crippen LogP contribution in [-0.2, 0) is 0 Å². The summed E-state index contributed by atoms with van der Waals surface area (Å²) in [5, 5.41) is 4.96. The third-order valence-corrected chi connectivity index (χ3v) is 4.13. The maximum absolute atomic E-state index is 14.5. The Morgan fingerprint density at radius 1 is 0.933 bits per heavy atom. The summed E-state index contributed by atoms with van der Waals surface area (Å²) in [7, 11) is 0. The minimum atomic E-state index is -0.658. The van der Waals surface area contributed by atoms with Gasteiger partial charge in [0, 0.05) is 29.7 Å². The van der Waals surface area contributed by atoms with Crippen molar-refractivity contribution >= 4 is 28.4 Å². The van der Waals surface area contributed by atoms with E-state index in [0.717, 1.165) is 11.8 Å². The lowest BCUT2D eigenvalue weighted by atomic mass is 10.2. The van der Waals surface area contributed by atoms with E-state index in [-0.39, 0.29) is 17.1 Å².